The standard InChI is InChI=1S/C19H18N2O3/c22-13-17-9-16-10-20-11-18(19(16)24-17)15-3-1-2-14(8-15)12-21-4-6-23-7-5-21/h1-3,8-11,13H,4-7,12H2. The smallest absolute Gasteiger partial charge is 0.185 e. The van der Waals surface area contributed by atoms with Gasteiger partial charge in [-0.25, -0.2) is 0 Å². The average molecular weight is 322 g/mol. The van der Waals surface area contributed by atoms with Crippen molar-refractivity contribution < 1.29 is 13.9 Å². The third-order valence-electron chi connectivity index (χ3n) is 4.31. The number of pyridine rings is 1. The van der Waals surface area contributed by atoms with E-state index in [0.29, 0.717) is 11.3 Å². The predicted octanol–water partition coefficient (Wildman–Crippen LogP) is 3.14. The van der Waals surface area contributed by atoms with Gasteiger partial charge in [0.2, 0.25) is 0 Å². The lowest BCUT2D eigenvalue weighted by molar-refractivity contribution is 0.0342. The van der Waals surface area contributed by atoms with E-state index in [1.165, 1.54) is 5.56 Å². The van der Waals surface area contributed by atoms with E-state index in [1.807, 2.05) is 12.1 Å². The Morgan fingerprint density at radius 2 is 2.04 bits per heavy atom. The summed E-state index contributed by atoms with van der Waals surface area (Å²) in [5.41, 5.74) is 3.90. The van der Waals surface area contributed by atoms with Crippen LogP contribution in [-0.2, 0) is 11.3 Å². The third-order valence-corrected chi connectivity index (χ3v) is 4.31. The number of ether oxygens (including phenoxy) is 1. The number of nitrogens with zero attached hydrogens (tertiary/aromatic N) is 2. The van der Waals surface area contributed by atoms with Crippen LogP contribution in [-0.4, -0.2) is 42.5 Å². The zero-order chi connectivity index (χ0) is 16.4. The summed E-state index contributed by atoms with van der Waals surface area (Å²) in [4.78, 5) is 17.6. The number of aldehydes is 1. The molecule has 5 nitrogen and oxygen atoms in total. The molecule has 1 aliphatic rings. The third kappa shape index (κ3) is 2.96. The molecule has 3 aromatic rings. The van der Waals surface area contributed by atoms with E-state index < -0.39 is 0 Å². The van der Waals surface area contributed by atoms with Crippen molar-refractivity contribution in [3.8, 4) is 11.1 Å². The maximum absolute atomic E-state index is 11.0. The highest BCUT2D eigenvalue weighted by atomic mass is 16.5. The van der Waals surface area contributed by atoms with E-state index in [1.54, 1.807) is 18.5 Å². The van der Waals surface area contributed by atoms with Crippen LogP contribution in [0, 0.1) is 0 Å². The van der Waals surface area contributed by atoms with Crippen molar-refractivity contribution in [3.05, 3.63) is 54.0 Å². The first-order chi connectivity index (χ1) is 11.8. The van der Waals surface area contributed by atoms with Crippen molar-refractivity contribution in [1.82, 2.24) is 9.88 Å². The van der Waals surface area contributed by atoms with Crippen LogP contribution in [0.15, 0.2) is 47.1 Å². The van der Waals surface area contributed by atoms with E-state index >= 15 is 0 Å². The van der Waals surface area contributed by atoms with Gasteiger partial charge in [-0.2, -0.15) is 0 Å². The molecule has 5 heteroatoms. The van der Waals surface area contributed by atoms with Crippen LogP contribution in [0.3, 0.4) is 0 Å². The Bertz CT molecular complexity index is 866. The molecule has 0 aliphatic carbocycles. The molecule has 0 bridgehead atoms. The molecule has 0 radical (unpaired) electrons. The fourth-order valence-corrected chi connectivity index (χ4v) is 3.10. The second kappa shape index (κ2) is 6.55. The molecule has 4 rings (SSSR count). The molecule has 1 saturated heterocycles. The molecule has 0 amide bonds. The van der Waals surface area contributed by atoms with Gasteiger partial charge in [-0.3, -0.25) is 14.7 Å². The highest BCUT2D eigenvalue weighted by Crippen LogP contribution is 2.30. The van der Waals surface area contributed by atoms with Crippen molar-refractivity contribution in [1.29, 1.82) is 0 Å². The van der Waals surface area contributed by atoms with E-state index in [-0.39, 0.29) is 0 Å². The van der Waals surface area contributed by atoms with Crippen molar-refractivity contribution in [2.24, 2.45) is 0 Å². The molecule has 2 aromatic heterocycles. The molecular formula is C19H18N2O3. The summed E-state index contributed by atoms with van der Waals surface area (Å²) in [6, 6.07) is 10.1. The molecule has 0 atom stereocenters. The fraction of sp³-hybridized carbons (Fsp3) is 0.263. The molecule has 122 valence electrons. The van der Waals surface area contributed by atoms with Crippen LogP contribution in [0.4, 0.5) is 0 Å². The summed E-state index contributed by atoms with van der Waals surface area (Å²) in [5.74, 6) is 0.323. The lowest BCUT2D eigenvalue weighted by atomic mass is 10.0. The normalized spacial score (nSPS) is 15.7. The minimum atomic E-state index is 0.323. The molecule has 0 spiro atoms. The predicted molar refractivity (Wildman–Crippen MR) is 90.9 cm³/mol. The molecular weight excluding hydrogens is 304 g/mol. The minimum absolute atomic E-state index is 0.323. The van der Waals surface area contributed by atoms with Gasteiger partial charge < -0.3 is 9.15 Å². The number of morpholine rings is 1. The maximum Gasteiger partial charge on any atom is 0.185 e. The number of aromatic nitrogens is 1. The number of benzene rings is 1. The Morgan fingerprint density at radius 1 is 1.17 bits per heavy atom. The lowest BCUT2D eigenvalue weighted by Gasteiger charge is -2.26. The lowest BCUT2D eigenvalue weighted by Crippen LogP contribution is -2.35. The molecule has 3 heterocycles. The Labute approximate surface area is 139 Å². The highest BCUT2D eigenvalue weighted by Gasteiger charge is 2.13. The van der Waals surface area contributed by atoms with Crippen LogP contribution in [0.1, 0.15) is 16.1 Å². The molecule has 1 fully saturated rings. The molecule has 1 aromatic carbocycles. The number of furan rings is 1. The van der Waals surface area contributed by atoms with Gasteiger partial charge in [0, 0.05) is 43.0 Å². The maximum atomic E-state index is 11.0. The Morgan fingerprint density at radius 3 is 2.88 bits per heavy atom. The van der Waals surface area contributed by atoms with Crippen LogP contribution in [0.5, 0.6) is 0 Å². The number of hydrogen-bond acceptors (Lipinski definition) is 5. The quantitative estimate of drug-likeness (QED) is 0.691. The Kier molecular flexibility index (Phi) is 4.11. The van der Waals surface area contributed by atoms with Crippen LogP contribution >= 0.6 is 0 Å². The topological polar surface area (TPSA) is 55.6 Å². The second-order valence-electron chi connectivity index (χ2n) is 5.96. The number of carbonyl (C=O) groups is 1. The molecule has 0 saturated carbocycles. The van der Waals surface area contributed by atoms with Crippen LogP contribution < -0.4 is 0 Å². The zero-order valence-electron chi connectivity index (χ0n) is 13.3. The van der Waals surface area contributed by atoms with Crippen LogP contribution in [0.2, 0.25) is 0 Å². The van der Waals surface area contributed by atoms with Gasteiger partial charge in [-0.05, 0) is 23.3 Å². The average Bonchev–Trinajstić information content (AvgIpc) is 3.06. The summed E-state index contributed by atoms with van der Waals surface area (Å²) in [7, 11) is 0. The van der Waals surface area contributed by atoms with Crippen molar-refractivity contribution in [3.63, 3.8) is 0 Å². The van der Waals surface area contributed by atoms with E-state index in [4.69, 9.17) is 9.15 Å². The fourth-order valence-electron chi connectivity index (χ4n) is 3.10. The Balaban J connectivity index is 1.68. The van der Waals surface area contributed by atoms with Gasteiger partial charge in [-0.15, -0.1) is 0 Å². The molecule has 1 aliphatic heterocycles. The monoisotopic (exact) mass is 322 g/mol. The largest absolute Gasteiger partial charge is 0.453 e. The van der Waals surface area contributed by atoms with Gasteiger partial charge in [0.15, 0.2) is 12.0 Å². The number of carbonyl (C=O) groups excluding carboxylic acids is 1. The Hall–Kier alpha value is -2.50. The molecule has 0 N–H and O–H groups in total. The second-order valence-corrected chi connectivity index (χ2v) is 5.96. The van der Waals surface area contributed by atoms with E-state index in [0.717, 1.165) is 55.6 Å². The highest BCUT2D eigenvalue weighted by molar-refractivity contribution is 5.94. The summed E-state index contributed by atoms with van der Waals surface area (Å²) >= 11 is 0. The van der Waals surface area contributed by atoms with Crippen molar-refractivity contribution in [2.75, 3.05) is 26.3 Å². The first-order valence-electron chi connectivity index (χ1n) is 8.05. The minimum Gasteiger partial charge on any atom is -0.453 e. The van der Waals surface area contributed by atoms with Crippen molar-refractivity contribution in [2.45, 2.75) is 6.54 Å². The zero-order valence-corrected chi connectivity index (χ0v) is 13.3. The molecule has 24 heavy (non-hydrogen) atoms. The summed E-state index contributed by atoms with van der Waals surface area (Å²) in [6.45, 7) is 4.41. The first kappa shape index (κ1) is 15.1. The summed E-state index contributed by atoms with van der Waals surface area (Å²) in [5, 5.41) is 0.841. The van der Waals surface area contributed by atoms with Gasteiger partial charge in [0.1, 0.15) is 5.58 Å². The number of fused-ring (bicyclic) bond motifs is 1. The first-order valence-corrected chi connectivity index (χ1v) is 8.05. The van der Waals surface area contributed by atoms with Crippen LogP contribution in [0.25, 0.3) is 22.1 Å². The van der Waals surface area contributed by atoms with Gasteiger partial charge in [0.25, 0.3) is 0 Å². The van der Waals surface area contributed by atoms with E-state index in [9.17, 15) is 4.79 Å². The SMILES string of the molecule is O=Cc1cc2cncc(-c3cccc(CN4CCOCC4)c3)c2o1. The van der Waals surface area contributed by atoms with E-state index in [2.05, 4.69) is 22.0 Å². The van der Waals surface area contributed by atoms with Gasteiger partial charge in [0.05, 0.1) is 13.2 Å². The van der Waals surface area contributed by atoms with Gasteiger partial charge in [-0.1, -0.05) is 18.2 Å². The van der Waals surface area contributed by atoms with Crippen molar-refractivity contribution >= 4 is 17.3 Å². The molecule has 0 unspecified atom stereocenters. The number of rotatable bonds is 4. The summed E-state index contributed by atoms with van der Waals surface area (Å²) < 4.78 is 11.1. The number of hydrogen-bond donors (Lipinski definition) is 0. The summed E-state index contributed by atoms with van der Waals surface area (Å²) in [6.07, 6.45) is 4.22. The van der Waals surface area contributed by atoms with Gasteiger partial charge >= 0.3 is 0 Å².